The lowest BCUT2D eigenvalue weighted by Gasteiger charge is -2.30. The molecule has 25 heavy (non-hydrogen) atoms. The smallest absolute Gasteiger partial charge is 0.241 e. The number of rotatable bonds is 12. The lowest BCUT2D eigenvalue weighted by atomic mass is 9.83. The molecule has 146 valence electrons. The van der Waals surface area contributed by atoms with Crippen LogP contribution in [0.4, 0.5) is 0 Å². The maximum Gasteiger partial charge on any atom is 0.241 e. The minimum atomic E-state index is -0.0961. The van der Waals surface area contributed by atoms with Crippen molar-refractivity contribution in [3.05, 3.63) is 0 Å². The van der Waals surface area contributed by atoms with E-state index in [-0.39, 0.29) is 17.9 Å². The monoisotopic (exact) mass is 356 g/mol. The van der Waals surface area contributed by atoms with E-state index in [2.05, 4.69) is 20.9 Å². The second-order valence-electron chi connectivity index (χ2n) is 6.55. The third-order valence-electron chi connectivity index (χ3n) is 4.63. The summed E-state index contributed by atoms with van der Waals surface area (Å²) >= 11 is 0. The molecule has 0 heterocycles. The summed E-state index contributed by atoms with van der Waals surface area (Å²) in [6.07, 6.45) is 6.09. The van der Waals surface area contributed by atoms with Gasteiger partial charge in [-0.2, -0.15) is 0 Å². The van der Waals surface area contributed by atoms with Crippen LogP contribution in [-0.4, -0.2) is 65.0 Å². The van der Waals surface area contributed by atoms with Crippen LogP contribution >= 0.6 is 0 Å². The number of hydrogen-bond acceptors (Lipinski definition) is 4. The van der Waals surface area contributed by atoms with Crippen LogP contribution in [0.3, 0.4) is 0 Å². The first-order chi connectivity index (χ1) is 12.2. The summed E-state index contributed by atoms with van der Waals surface area (Å²) in [5.74, 6) is 0.605. The molecule has 0 atom stereocenters. The van der Waals surface area contributed by atoms with Gasteiger partial charge in [0.2, 0.25) is 5.91 Å². The molecular weight excluding hydrogens is 320 g/mol. The Morgan fingerprint density at radius 1 is 1.12 bits per heavy atom. The highest BCUT2D eigenvalue weighted by atomic mass is 16.5. The normalized spacial score (nSPS) is 16.7. The maximum atomic E-state index is 11.8. The molecule has 0 radical (unpaired) electrons. The summed E-state index contributed by atoms with van der Waals surface area (Å²) in [5, 5.41) is 9.43. The van der Waals surface area contributed by atoms with E-state index >= 15 is 0 Å². The number of hydrogen-bond donors (Lipinski definition) is 3. The molecular formula is C18H36N4O3. The summed E-state index contributed by atoms with van der Waals surface area (Å²) < 4.78 is 10.5. The quantitative estimate of drug-likeness (QED) is 0.279. The third-order valence-corrected chi connectivity index (χ3v) is 4.63. The highest BCUT2D eigenvalue weighted by Crippen LogP contribution is 2.40. The Bertz CT molecular complexity index is 396. The van der Waals surface area contributed by atoms with Gasteiger partial charge in [-0.15, -0.1) is 0 Å². The van der Waals surface area contributed by atoms with Crippen molar-refractivity contribution in [3.63, 3.8) is 0 Å². The fourth-order valence-corrected chi connectivity index (χ4v) is 3.19. The average molecular weight is 357 g/mol. The lowest BCUT2D eigenvalue weighted by Crippen LogP contribution is -2.44. The molecule has 0 aromatic carbocycles. The second-order valence-corrected chi connectivity index (χ2v) is 6.55. The van der Waals surface area contributed by atoms with Crippen molar-refractivity contribution in [1.82, 2.24) is 16.0 Å². The predicted octanol–water partition coefficient (Wildman–Crippen LogP) is 1.29. The highest BCUT2D eigenvalue weighted by molar-refractivity contribution is 5.84. The van der Waals surface area contributed by atoms with Crippen molar-refractivity contribution in [2.24, 2.45) is 10.4 Å². The Balaban J connectivity index is 2.48. The van der Waals surface area contributed by atoms with Gasteiger partial charge in [0.25, 0.3) is 0 Å². The van der Waals surface area contributed by atoms with E-state index in [1.807, 2.05) is 13.8 Å². The van der Waals surface area contributed by atoms with Gasteiger partial charge in [0.05, 0.1) is 6.61 Å². The zero-order valence-electron chi connectivity index (χ0n) is 16.2. The molecule has 7 heteroatoms. The van der Waals surface area contributed by atoms with Gasteiger partial charge in [0, 0.05) is 40.0 Å². The minimum Gasteiger partial charge on any atom is -0.383 e. The number of carbonyl (C=O) groups excluding carboxylic acids is 1. The van der Waals surface area contributed by atoms with E-state index < -0.39 is 0 Å². The Kier molecular flexibility index (Phi) is 11.2. The van der Waals surface area contributed by atoms with Gasteiger partial charge in [0.15, 0.2) is 5.96 Å². The Morgan fingerprint density at radius 2 is 1.88 bits per heavy atom. The van der Waals surface area contributed by atoms with Crippen LogP contribution in [0.2, 0.25) is 0 Å². The molecule has 7 nitrogen and oxygen atoms in total. The fraction of sp³-hybridized carbons (Fsp3) is 0.889. The molecule has 1 rings (SSSR count). The fourth-order valence-electron chi connectivity index (χ4n) is 3.19. The van der Waals surface area contributed by atoms with E-state index in [9.17, 15) is 4.79 Å². The van der Waals surface area contributed by atoms with Crippen molar-refractivity contribution in [1.29, 1.82) is 0 Å². The van der Waals surface area contributed by atoms with Gasteiger partial charge in [-0.05, 0) is 38.5 Å². The van der Waals surface area contributed by atoms with Gasteiger partial charge in [0.1, 0.15) is 6.54 Å². The van der Waals surface area contributed by atoms with Gasteiger partial charge >= 0.3 is 0 Å². The van der Waals surface area contributed by atoms with Crippen LogP contribution in [0.5, 0.6) is 0 Å². The number of nitrogens with one attached hydrogen (secondary N) is 3. The number of guanidine groups is 1. The van der Waals surface area contributed by atoms with Crippen LogP contribution in [0, 0.1) is 5.41 Å². The highest BCUT2D eigenvalue weighted by Gasteiger charge is 2.33. The molecule has 0 aliphatic heterocycles. The first-order valence-corrected chi connectivity index (χ1v) is 9.51. The number of amides is 1. The van der Waals surface area contributed by atoms with E-state index in [4.69, 9.17) is 9.47 Å². The number of methoxy groups -OCH3 is 1. The zero-order valence-corrected chi connectivity index (χ0v) is 16.2. The minimum absolute atomic E-state index is 0.0961. The lowest BCUT2D eigenvalue weighted by molar-refractivity contribution is -0.119. The van der Waals surface area contributed by atoms with Crippen molar-refractivity contribution in [2.45, 2.75) is 46.0 Å². The molecule has 0 aromatic heterocycles. The van der Waals surface area contributed by atoms with Crippen LogP contribution in [0.25, 0.3) is 0 Å². The molecule has 0 bridgehead atoms. The molecule has 1 fully saturated rings. The maximum absolute atomic E-state index is 11.8. The molecule has 0 spiro atoms. The van der Waals surface area contributed by atoms with Crippen LogP contribution in [0.1, 0.15) is 46.0 Å². The second kappa shape index (κ2) is 12.9. The number of carbonyl (C=O) groups is 1. The Morgan fingerprint density at radius 3 is 2.52 bits per heavy atom. The first-order valence-electron chi connectivity index (χ1n) is 9.51. The predicted molar refractivity (Wildman–Crippen MR) is 101 cm³/mol. The van der Waals surface area contributed by atoms with E-state index in [0.29, 0.717) is 19.1 Å². The van der Waals surface area contributed by atoms with Gasteiger partial charge < -0.3 is 25.4 Å². The topological polar surface area (TPSA) is 84.0 Å². The molecule has 0 saturated heterocycles. The molecule has 0 unspecified atom stereocenters. The van der Waals surface area contributed by atoms with Gasteiger partial charge in [-0.3, -0.25) is 4.79 Å². The molecule has 1 aliphatic carbocycles. The SMILES string of the molecule is CCNC(=NCC(=O)NCCOC)NCC1(CCOCC)CCCC1. The molecule has 1 amide bonds. The van der Waals surface area contributed by atoms with Crippen LogP contribution in [-0.2, 0) is 14.3 Å². The standard InChI is InChI=1S/C18H36N4O3/c1-4-19-17(21-14-16(23)20-11-13-24-3)22-15-18(8-6-7-9-18)10-12-25-5-2/h4-15H2,1-3H3,(H,20,23)(H2,19,21,22). The first kappa shape index (κ1) is 21.7. The molecule has 0 aromatic rings. The summed E-state index contributed by atoms with van der Waals surface area (Å²) in [5.41, 5.74) is 0.284. The van der Waals surface area contributed by atoms with Crippen LogP contribution < -0.4 is 16.0 Å². The number of nitrogens with zero attached hydrogens (tertiary/aromatic N) is 1. The summed E-state index contributed by atoms with van der Waals surface area (Å²) in [6, 6.07) is 0. The van der Waals surface area contributed by atoms with E-state index in [1.54, 1.807) is 7.11 Å². The average Bonchev–Trinajstić information content (AvgIpc) is 3.07. The summed E-state index contributed by atoms with van der Waals surface area (Å²) in [6.45, 7) is 8.42. The zero-order chi connectivity index (χ0) is 18.4. The van der Waals surface area contributed by atoms with Crippen LogP contribution in [0.15, 0.2) is 4.99 Å². The van der Waals surface area contributed by atoms with Crippen molar-refractivity contribution < 1.29 is 14.3 Å². The van der Waals surface area contributed by atoms with Crippen molar-refractivity contribution in [2.75, 3.05) is 53.1 Å². The van der Waals surface area contributed by atoms with E-state index in [0.717, 1.165) is 32.7 Å². The Labute approximate surface area is 152 Å². The Hall–Kier alpha value is -1.34. The molecule has 1 aliphatic rings. The van der Waals surface area contributed by atoms with Gasteiger partial charge in [-0.1, -0.05) is 12.8 Å². The third kappa shape index (κ3) is 9.07. The number of ether oxygens (including phenoxy) is 2. The largest absolute Gasteiger partial charge is 0.383 e. The van der Waals surface area contributed by atoms with E-state index in [1.165, 1.54) is 25.7 Å². The van der Waals surface area contributed by atoms with Crippen molar-refractivity contribution in [3.8, 4) is 0 Å². The summed E-state index contributed by atoms with van der Waals surface area (Å²) in [7, 11) is 1.61. The summed E-state index contributed by atoms with van der Waals surface area (Å²) in [4.78, 5) is 16.2. The number of aliphatic imine (C=N–C) groups is 1. The molecule has 1 saturated carbocycles. The molecule has 3 N–H and O–H groups in total. The van der Waals surface area contributed by atoms with Crippen molar-refractivity contribution >= 4 is 11.9 Å². The van der Waals surface area contributed by atoms with Gasteiger partial charge in [-0.25, -0.2) is 4.99 Å².